The molecule has 0 N–H and O–H groups in total. The van der Waals surface area contributed by atoms with Crippen molar-refractivity contribution in [3.8, 4) is 0 Å². The number of rotatable bonds is 3. The van der Waals surface area contributed by atoms with E-state index < -0.39 is 17.8 Å². The fourth-order valence-electron chi connectivity index (χ4n) is 1.71. The van der Waals surface area contributed by atoms with Gasteiger partial charge in [-0.25, -0.2) is 9.37 Å². The molecule has 0 saturated carbocycles. The van der Waals surface area contributed by atoms with Gasteiger partial charge in [0, 0.05) is 31.1 Å². The van der Waals surface area contributed by atoms with E-state index in [1.165, 1.54) is 12.3 Å². The molecule has 21 heavy (non-hydrogen) atoms. The van der Waals surface area contributed by atoms with Crippen molar-refractivity contribution in [2.45, 2.75) is 12.7 Å². The highest BCUT2D eigenvalue weighted by Crippen LogP contribution is 2.31. The van der Waals surface area contributed by atoms with E-state index in [1.54, 1.807) is 4.90 Å². The normalized spacial score (nSPS) is 17.6. The van der Waals surface area contributed by atoms with Gasteiger partial charge in [-0.15, -0.1) is 11.8 Å². The average Bonchev–Trinajstić information content (AvgIpc) is 2.80. The fourth-order valence-corrected chi connectivity index (χ4v) is 2.87. The van der Waals surface area contributed by atoms with Crippen LogP contribution in [0.2, 0.25) is 5.15 Å². The Hall–Kier alpha value is -1.28. The second kappa shape index (κ2) is 6.23. The van der Waals surface area contributed by atoms with E-state index in [1.807, 2.05) is 0 Å². The van der Waals surface area contributed by atoms with Crippen molar-refractivity contribution in [3.63, 3.8) is 0 Å². The van der Waals surface area contributed by atoms with Crippen LogP contribution in [0.3, 0.4) is 0 Å². The van der Waals surface area contributed by atoms with Gasteiger partial charge in [0.1, 0.15) is 0 Å². The molecule has 2 heterocycles. The molecule has 1 aromatic heterocycles. The van der Waals surface area contributed by atoms with Gasteiger partial charge in [-0.05, 0) is 11.6 Å². The van der Waals surface area contributed by atoms with Crippen LogP contribution in [-0.4, -0.2) is 34.1 Å². The SMILES string of the molecule is O=C(/C=C1/SCCN1Cc1cnc(Cl)c(F)c1)C(F)(F)F. The zero-order valence-corrected chi connectivity index (χ0v) is 12.0. The quantitative estimate of drug-likeness (QED) is 0.480. The Morgan fingerprint density at radius 2 is 2.24 bits per heavy atom. The molecule has 0 spiro atoms. The number of thioether (sulfide) groups is 1. The number of aromatic nitrogens is 1. The summed E-state index contributed by atoms with van der Waals surface area (Å²) in [5, 5.41) is -0.0507. The standard InChI is InChI=1S/C12H9ClF4N2OS/c13-11-8(14)3-7(5-18-11)6-19-1-2-21-10(19)4-9(20)12(15,16)17/h3-5H,1-2,6H2/b10-4+. The Morgan fingerprint density at radius 3 is 2.86 bits per heavy atom. The molecule has 1 aromatic rings. The number of ketones is 1. The second-order valence-corrected chi connectivity index (χ2v) is 5.70. The molecule has 0 bridgehead atoms. The molecule has 1 saturated heterocycles. The molecule has 3 nitrogen and oxygen atoms in total. The molecule has 0 aromatic carbocycles. The van der Waals surface area contributed by atoms with Crippen LogP contribution in [0.1, 0.15) is 5.56 Å². The predicted octanol–water partition coefficient (Wildman–Crippen LogP) is 3.40. The summed E-state index contributed by atoms with van der Waals surface area (Å²) in [6, 6.07) is 1.17. The van der Waals surface area contributed by atoms with E-state index in [0.717, 1.165) is 11.8 Å². The third-order valence-corrected chi connectivity index (χ3v) is 4.02. The summed E-state index contributed by atoms with van der Waals surface area (Å²) in [5.74, 6) is -2.05. The van der Waals surface area contributed by atoms with Gasteiger partial charge in [0.2, 0.25) is 0 Å². The zero-order valence-electron chi connectivity index (χ0n) is 10.5. The largest absolute Gasteiger partial charge is 0.454 e. The summed E-state index contributed by atoms with van der Waals surface area (Å²) < 4.78 is 50.1. The number of alkyl halides is 3. The molecule has 0 radical (unpaired) electrons. The first kappa shape index (κ1) is 16.1. The molecule has 9 heteroatoms. The summed E-state index contributed by atoms with van der Waals surface area (Å²) >= 11 is 6.61. The monoisotopic (exact) mass is 340 g/mol. The van der Waals surface area contributed by atoms with Gasteiger partial charge in [0.15, 0.2) is 11.0 Å². The van der Waals surface area contributed by atoms with Crippen LogP contribution in [0.5, 0.6) is 0 Å². The maximum atomic E-state index is 13.3. The lowest BCUT2D eigenvalue weighted by molar-refractivity contribution is -0.165. The van der Waals surface area contributed by atoms with E-state index in [2.05, 4.69) is 4.98 Å². The van der Waals surface area contributed by atoms with Crippen LogP contribution in [0.15, 0.2) is 23.4 Å². The van der Waals surface area contributed by atoms with Crippen molar-refractivity contribution in [3.05, 3.63) is 39.9 Å². The van der Waals surface area contributed by atoms with Crippen LogP contribution in [0.25, 0.3) is 0 Å². The number of hydrogen-bond acceptors (Lipinski definition) is 4. The third kappa shape index (κ3) is 4.10. The Labute approximate surface area is 127 Å². The van der Waals surface area contributed by atoms with Gasteiger partial charge in [-0.2, -0.15) is 13.2 Å². The smallest absolute Gasteiger partial charge is 0.361 e. The number of halogens is 5. The van der Waals surface area contributed by atoms with E-state index >= 15 is 0 Å². The minimum atomic E-state index is -4.89. The van der Waals surface area contributed by atoms with Crippen LogP contribution in [-0.2, 0) is 11.3 Å². The lowest BCUT2D eigenvalue weighted by Gasteiger charge is -2.19. The average molecular weight is 341 g/mol. The summed E-state index contributed by atoms with van der Waals surface area (Å²) in [5.41, 5.74) is 0.463. The molecule has 0 amide bonds. The maximum absolute atomic E-state index is 13.3. The van der Waals surface area contributed by atoms with Gasteiger partial charge < -0.3 is 4.90 Å². The number of carbonyl (C=O) groups excluding carboxylic acids is 1. The van der Waals surface area contributed by atoms with E-state index in [0.29, 0.717) is 23.9 Å². The highest BCUT2D eigenvalue weighted by atomic mass is 35.5. The summed E-state index contributed by atoms with van der Waals surface area (Å²) in [4.78, 5) is 16.2. The van der Waals surface area contributed by atoms with Gasteiger partial charge in [-0.3, -0.25) is 4.79 Å². The first-order chi connectivity index (χ1) is 9.77. The molecule has 0 atom stereocenters. The molecule has 0 unspecified atom stereocenters. The number of allylic oxidation sites excluding steroid dienone is 1. The third-order valence-electron chi connectivity index (χ3n) is 2.68. The molecule has 1 aliphatic rings. The van der Waals surface area contributed by atoms with Gasteiger partial charge in [0.05, 0.1) is 5.03 Å². The van der Waals surface area contributed by atoms with E-state index in [-0.39, 0.29) is 16.7 Å². The van der Waals surface area contributed by atoms with Crippen molar-refractivity contribution in [1.29, 1.82) is 0 Å². The highest BCUT2D eigenvalue weighted by molar-refractivity contribution is 8.03. The Balaban J connectivity index is 2.14. The van der Waals surface area contributed by atoms with Crippen LogP contribution in [0, 0.1) is 5.82 Å². The molecule has 0 aliphatic carbocycles. The highest BCUT2D eigenvalue weighted by Gasteiger charge is 2.37. The summed E-state index contributed by atoms with van der Waals surface area (Å²) in [7, 11) is 0. The summed E-state index contributed by atoms with van der Waals surface area (Å²) in [6.45, 7) is 0.622. The Morgan fingerprint density at radius 1 is 1.52 bits per heavy atom. The predicted molar refractivity (Wildman–Crippen MR) is 71.2 cm³/mol. The Bertz CT molecular complexity index is 591. The van der Waals surface area contributed by atoms with Gasteiger partial charge >= 0.3 is 6.18 Å². The minimum absolute atomic E-state index is 0.158. The molecule has 1 fully saturated rings. The lowest BCUT2D eigenvalue weighted by Crippen LogP contribution is -2.23. The van der Waals surface area contributed by atoms with Crippen LogP contribution >= 0.6 is 23.4 Å². The molecular formula is C12H9ClF4N2OS. The van der Waals surface area contributed by atoms with E-state index in [4.69, 9.17) is 11.6 Å². The molecule has 2 rings (SSSR count). The van der Waals surface area contributed by atoms with Gasteiger partial charge in [-0.1, -0.05) is 11.6 Å². The van der Waals surface area contributed by atoms with Crippen LogP contribution < -0.4 is 0 Å². The Kier molecular flexibility index (Phi) is 4.77. The van der Waals surface area contributed by atoms with Crippen molar-refractivity contribution >= 4 is 29.1 Å². The van der Waals surface area contributed by atoms with E-state index in [9.17, 15) is 22.4 Å². The fraction of sp³-hybridized carbons (Fsp3) is 0.333. The second-order valence-electron chi connectivity index (χ2n) is 4.23. The number of nitrogens with zero attached hydrogens (tertiary/aromatic N) is 2. The minimum Gasteiger partial charge on any atom is -0.361 e. The topological polar surface area (TPSA) is 33.2 Å². The number of hydrogen-bond donors (Lipinski definition) is 0. The first-order valence-electron chi connectivity index (χ1n) is 5.78. The number of carbonyl (C=O) groups is 1. The maximum Gasteiger partial charge on any atom is 0.454 e. The molecule has 1 aliphatic heterocycles. The van der Waals surface area contributed by atoms with Crippen molar-refractivity contribution in [1.82, 2.24) is 9.88 Å². The first-order valence-corrected chi connectivity index (χ1v) is 7.14. The lowest BCUT2D eigenvalue weighted by atomic mass is 10.2. The number of pyridine rings is 1. The van der Waals surface area contributed by atoms with Crippen molar-refractivity contribution in [2.75, 3.05) is 12.3 Å². The van der Waals surface area contributed by atoms with Gasteiger partial charge in [0.25, 0.3) is 5.78 Å². The summed E-state index contributed by atoms with van der Waals surface area (Å²) in [6.07, 6.45) is -2.98. The van der Waals surface area contributed by atoms with Crippen molar-refractivity contribution < 1.29 is 22.4 Å². The molecule has 114 valence electrons. The zero-order chi connectivity index (χ0) is 15.6. The van der Waals surface area contributed by atoms with Crippen LogP contribution in [0.4, 0.5) is 17.6 Å². The molecular weight excluding hydrogens is 332 g/mol. The van der Waals surface area contributed by atoms with Crippen molar-refractivity contribution in [2.24, 2.45) is 0 Å².